The van der Waals surface area contributed by atoms with Crippen LogP contribution >= 0.6 is 7.82 Å². The van der Waals surface area contributed by atoms with Crippen LogP contribution in [0.15, 0.2) is 0 Å². The van der Waals surface area contributed by atoms with Crippen molar-refractivity contribution in [2.75, 3.05) is 58.9 Å². The summed E-state index contributed by atoms with van der Waals surface area (Å²) in [7, 11) is -5.39. The van der Waals surface area contributed by atoms with Crippen molar-refractivity contribution in [2.45, 2.75) is 293 Å². The number of hydrogen-bond donors (Lipinski definition) is 3. The summed E-state index contributed by atoms with van der Waals surface area (Å²) in [6.45, 7) is 33.6. The van der Waals surface area contributed by atoms with Gasteiger partial charge < -0.3 is 33.9 Å². The molecule has 0 saturated carbocycles. The van der Waals surface area contributed by atoms with E-state index in [-0.39, 0.29) is 0 Å². The van der Waals surface area contributed by atoms with E-state index in [4.69, 9.17) is 19.2 Å². The second kappa shape index (κ2) is 61.0. The highest BCUT2D eigenvalue weighted by molar-refractivity contribution is 7.40. The van der Waals surface area contributed by atoms with Crippen molar-refractivity contribution >= 4 is 7.82 Å². The third kappa shape index (κ3) is 71.6. The second-order valence-electron chi connectivity index (χ2n) is 19.0. The Morgan fingerprint density at radius 2 is 0.323 bits per heavy atom. The standard InChI is InChI=1S/3C18H39N.H3O4P/c3*1-4-7-10-13-16-19(17-14-11-8-5-2)18-15-12-9-6-3;1-5(2,3)4/h3*4-18H2,1-3H3;(H3,1,2,3,4). The van der Waals surface area contributed by atoms with Gasteiger partial charge in [-0.05, 0) is 116 Å². The molecule has 0 spiro atoms. The maximum absolute atomic E-state index is 8.55. The molecule has 0 aliphatic rings. The number of rotatable bonds is 45. The summed E-state index contributed by atoms with van der Waals surface area (Å²) in [4.78, 5) is 31.3. The molecule has 0 saturated heterocycles. The van der Waals surface area contributed by atoms with Crippen molar-refractivity contribution in [1.29, 1.82) is 0 Å². The average Bonchev–Trinajstić information content (AvgIpc) is 3.25. The van der Waals surface area contributed by atoms with Crippen LogP contribution in [0.5, 0.6) is 0 Å². The topological polar surface area (TPSA) is 99.6 Å². The van der Waals surface area contributed by atoms with Gasteiger partial charge in [0.25, 0.3) is 0 Å². The molecule has 380 valence electrons. The highest BCUT2D eigenvalue weighted by atomic mass is 31.2. The minimum atomic E-state index is -5.39. The highest BCUT2D eigenvalue weighted by Gasteiger charge is 2.10. The molecule has 0 atom stereocenters. The molecule has 0 radical (unpaired) electrons. The van der Waals surface area contributed by atoms with Crippen molar-refractivity contribution in [2.24, 2.45) is 0 Å². The number of unbranched alkanes of at least 4 members (excludes halogenated alkanes) is 27. The Morgan fingerprint density at radius 3 is 0.403 bits per heavy atom. The van der Waals surface area contributed by atoms with E-state index in [0.29, 0.717) is 0 Å². The van der Waals surface area contributed by atoms with E-state index in [9.17, 15) is 0 Å². The van der Waals surface area contributed by atoms with Crippen LogP contribution in [-0.2, 0) is 4.57 Å². The summed E-state index contributed by atoms with van der Waals surface area (Å²) in [6.07, 6.45) is 51.2. The first kappa shape index (κ1) is 68.6. The van der Waals surface area contributed by atoms with E-state index in [1.54, 1.807) is 0 Å². The number of hydrogen-bond acceptors (Lipinski definition) is 4. The molecule has 3 N–H and O–H groups in total. The van der Waals surface area contributed by atoms with Gasteiger partial charge in [-0.3, -0.25) is 0 Å². The second-order valence-corrected chi connectivity index (χ2v) is 19.9. The van der Waals surface area contributed by atoms with Crippen LogP contribution in [0.2, 0.25) is 0 Å². The number of quaternary nitrogens is 3. The van der Waals surface area contributed by atoms with Crippen LogP contribution in [0.4, 0.5) is 0 Å². The first-order valence-corrected chi connectivity index (χ1v) is 29.7. The van der Waals surface area contributed by atoms with Crippen molar-refractivity contribution in [3.8, 4) is 0 Å². The maximum atomic E-state index is 8.55. The normalized spacial score (nSPS) is 11.4. The Kier molecular flexibility index (Phi) is 67.5. The minimum Gasteiger partial charge on any atom is -0.822 e. The van der Waals surface area contributed by atoms with Gasteiger partial charge in [-0.25, -0.2) is 0 Å². The third-order valence-corrected chi connectivity index (χ3v) is 12.5. The van der Waals surface area contributed by atoms with Gasteiger partial charge >= 0.3 is 0 Å². The molecular formula is C54H120N3O4P. The molecular weight excluding hydrogens is 786 g/mol. The molecule has 0 bridgehead atoms. The Bertz CT molecular complexity index is 622. The van der Waals surface area contributed by atoms with E-state index >= 15 is 0 Å². The molecule has 7 nitrogen and oxygen atoms in total. The molecule has 0 fully saturated rings. The van der Waals surface area contributed by atoms with Crippen LogP contribution in [0.3, 0.4) is 0 Å². The summed E-state index contributed by atoms with van der Waals surface area (Å²) < 4.78 is 8.55. The summed E-state index contributed by atoms with van der Waals surface area (Å²) in [5, 5.41) is 0. The largest absolute Gasteiger partial charge is 0.822 e. The lowest BCUT2D eigenvalue weighted by Crippen LogP contribution is -3.12. The zero-order chi connectivity index (χ0) is 47.1. The monoisotopic (exact) mass is 906 g/mol. The number of phosphoric acid groups is 1. The van der Waals surface area contributed by atoms with Gasteiger partial charge in [-0.2, -0.15) is 7.82 Å². The van der Waals surface area contributed by atoms with Gasteiger partial charge in [-0.15, -0.1) is 0 Å². The Morgan fingerprint density at radius 1 is 0.226 bits per heavy atom. The molecule has 0 amide bonds. The van der Waals surface area contributed by atoms with E-state index in [1.165, 1.54) is 290 Å². The Hall–Kier alpha value is -0.0100. The van der Waals surface area contributed by atoms with Crippen molar-refractivity contribution in [3.05, 3.63) is 0 Å². The molecule has 0 heterocycles. The van der Waals surface area contributed by atoms with Crippen molar-refractivity contribution in [3.63, 3.8) is 0 Å². The molecule has 0 unspecified atom stereocenters. The average molecular weight is 907 g/mol. The van der Waals surface area contributed by atoms with Crippen LogP contribution in [-0.4, -0.2) is 58.9 Å². The van der Waals surface area contributed by atoms with E-state index in [0.717, 1.165) is 0 Å². The Labute approximate surface area is 392 Å². The van der Waals surface area contributed by atoms with Crippen molar-refractivity contribution in [1.82, 2.24) is 0 Å². The zero-order valence-electron chi connectivity index (χ0n) is 44.4. The van der Waals surface area contributed by atoms with Crippen LogP contribution in [0.25, 0.3) is 0 Å². The predicted molar refractivity (Wildman–Crippen MR) is 272 cm³/mol. The fraction of sp³-hybridized carbons (Fsp3) is 1.00. The van der Waals surface area contributed by atoms with Crippen LogP contribution < -0.4 is 29.4 Å². The SMILES string of the molecule is CCCCCC[NH+](CCCCCC)CCCCCC.CCCCCC[NH+](CCCCCC)CCCCCC.CCCCCC[NH+](CCCCCC)CCCCCC.O=P([O-])([O-])[O-]. The quantitative estimate of drug-likeness (QED) is 0.0419. The van der Waals surface area contributed by atoms with Gasteiger partial charge in [0.2, 0.25) is 0 Å². The lowest BCUT2D eigenvalue weighted by atomic mass is 10.1. The van der Waals surface area contributed by atoms with Crippen LogP contribution in [0.1, 0.15) is 293 Å². The molecule has 0 aromatic carbocycles. The molecule has 8 heteroatoms. The lowest BCUT2D eigenvalue weighted by Gasteiger charge is -2.36. The highest BCUT2D eigenvalue weighted by Crippen LogP contribution is 2.04. The summed E-state index contributed by atoms with van der Waals surface area (Å²) in [6, 6.07) is 0. The van der Waals surface area contributed by atoms with Gasteiger partial charge in [0.1, 0.15) is 0 Å². The van der Waals surface area contributed by atoms with E-state index in [2.05, 4.69) is 62.3 Å². The predicted octanol–water partition coefficient (Wildman–Crippen LogP) is 11.0. The maximum Gasteiger partial charge on any atom is 0.0770 e. The van der Waals surface area contributed by atoms with Gasteiger partial charge in [-0.1, -0.05) is 178 Å². The summed E-state index contributed by atoms with van der Waals surface area (Å²) >= 11 is 0. The first-order valence-electron chi connectivity index (χ1n) is 28.3. The first-order chi connectivity index (χ1) is 30.0. The fourth-order valence-electron chi connectivity index (χ4n) is 8.34. The van der Waals surface area contributed by atoms with Gasteiger partial charge in [0.15, 0.2) is 0 Å². The minimum absolute atomic E-state index is 1.36. The van der Waals surface area contributed by atoms with Crippen LogP contribution in [0, 0.1) is 0 Å². The van der Waals surface area contributed by atoms with Gasteiger partial charge in [0.05, 0.1) is 58.9 Å². The smallest absolute Gasteiger partial charge is 0.0770 e. The van der Waals surface area contributed by atoms with E-state index in [1.807, 2.05) is 14.7 Å². The lowest BCUT2D eigenvalue weighted by molar-refractivity contribution is -0.901. The number of nitrogens with one attached hydrogen (secondary N) is 3. The molecule has 0 rings (SSSR count). The molecule has 0 aromatic rings. The fourth-order valence-corrected chi connectivity index (χ4v) is 8.34. The zero-order valence-corrected chi connectivity index (χ0v) is 45.3. The van der Waals surface area contributed by atoms with Crippen molar-refractivity contribution < 1.29 is 33.9 Å². The van der Waals surface area contributed by atoms with Gasteiger partial charge in [0, 0.05) is 0 Å². The molecule has 0 aliphatic heterocycles. The Balaban J connectivity index is -0.000000385. The third-order valence-electron chi connectivity index (χ3n) is 12.5. The van der Waals surface area contributed by atoms with E-state index < -0.39 is 7.82 Å². The molecule has 62 heavy (non-hydrogen) atoms. The molecule has 0 aliphatic carbocycles. The summed E-state index contributed by atoms with van der Waals surface area (Å²) in [5.74, 6) is 0. The molecule has 0 aromatic heterocycles. The summed E-state index contributed by atoms with van der Waals surface area (Å²) in [5.41, 5.74) is 0.